The highest BCUT2D eigenvalue weighted by Gasteiger charge is 2.44. The molecule has 0 aromatic rings. The first-order chi connectivity index (χ1) is 7.57. The van der Waals surface area contributed by atoms with E-state index in [-0.39, 0.29) is 11.4 Å². The van der Waals surface area contributed by atoms with Gasteiger partial charge in [0.2, 0.25) is 5.91 Å². The lowest BCUT2D eigenvalue weighted by atomic mass is 9.91. The van der Waals surface area contributed by atoms with Gasteiger partial charge in [0.1, 0.15) is 0 Å². The lowest BCUT2D eigenvalue weighted by Crippen LogP contribution is -2.65. The Morgan fingerprint density at radius 1 is 1.44 bits per heavy atom. The number of carbonyl (C=O) groups is 1. The number of hydrogen-bond donors (Lipinski definition) is 2. The Morgan fingerprint density at radius 3 is 2.88 bits per heavy atom. The predicted octanol–water partition coefficient (Wildman–Crippen LogP) is 0.195. The van der Waals surface area contributed by atoms with Gasteiger partial charge in [-0.25, -0.2) is 0 Å². The molecule has 2 rings (SSSR count). The smallest absolute Gasteiger partial charge is 0.240 e. The van der Waals surface area contributed by atoms with Crippen LogP contribution in [0.3, 0.4) is 0 Å². The molecule has 0 aromatic carbocycles. The Bertz CT molecular complexity index is 277. The molecule has 2 heterocycles. The molecule has 2 unspecified atom stereocenters. The standard InChI is InChI=1S/C12H23N3O/c1-4-9-7-13-8-10(9)15-6-5-14-11(16)12(15,2)3/h9-10,13H,4-8H2,1-3H3,(H,14,16). The van der Waals surface area contributed by atoms with E-state index in [1.165, 1.54) is 6.42 Å². The molecular weight excluding hydrogens is 202 g/mol. The SMILES string of the molecule is CCC1CNCC1N1CCNC(=O)C1(C)C. The van der Waals surface area contributed by atoms with Crippen LogP contribution < -0.4 is 10.6 Å². The van der Waals surface area contributed by atoms with Crippen LogP contribution in [-0.4, -0.2) is 48.6 Å². The van der Waals surface area contributed by atoms with E-state index in [2.05, 4.69) is 22.5 Å². The average molecular weight is 225 g/mol. The highest BCUT2D eigenvalue weighted by atomic mass is 16.2. The van der Waals surface area contributed by atoms with E-state index in [1.807, 2.05) is 13.8 Å². The normalized spacial score (nSPS) is 35.1. The summed E-state index contributed by atoms with van der Waals surface area (Å²) in [5.74, 6) is 0.852. The van der Waals surface area contributed by atoms with Crippen LogP contribution in [0.15, 0.2) is 0 Å². The lowest BCUT2D eigenvalue weighted by Gasteiger charge is -2.46. The quantitative estimate of drug-likeness (QED) is 0.705. The molecule has 0 radical (unpaired) electrons. The number of carbonyl (C=O) groups excluding carboxylic acids is 1. The molecule has 2 saturated heterocycles. The lowest BCUT2D eigenvalue weighted by molar-refractivity contribution is -0.137. The maximum Gasteiger partial charge on any atom is 0.240 e. The molecule has 16 heavy (non-hydrogen) atoms. The summed E-state index contributed by atoms with van der Waals surface area (Å²) in [4.78, 5) is 14.3. The molecular formula is C12H23N3O. The fourth-order valence-corrected chi connectivity index (χ4v) is 3.00. The second-order valence-electron chi connectivity index (χ2n) is 5.40. The minimum absolute atomic E-state index is 0.167. The van der Waals surface area contributed by atoms with Crippen LogP contribution in [0.2, 0.25) is 0 Å². The third-order valence-corrected chi connectivity index (χ3v) is 4.14. The molecule has 2 fully saturated rings. The van der Waals surface area contributed by atoms with Crippen molar-refractivity contribution in [2.75, 3.05) is 26.2 Å². The van der Waals surface area contributed by atoms with Crippen molar-refractivity contribution in [3.8, 4) is 0 Å². The summed E-state index contributed by atoms with van der Waals surface area (Å²) in [7, 11) is 0. The molecule has 0 bridgehead atoms. The number of piperazine rings is 1. The van der Waals surface area contributed by atoms with E-state index in [9.17, 15) is 4.79 Å². The minimum Gasteiger partial charge on any atom is -0.353 e. The largest absolute Gasteiger partial charge is 0.353 e. The fourth-order valence-electron chi connectivity index (χ4n) is 3.00. The topological polar surface area (TPSA) is 44.4 Å². The van der Waals surface area contributed by atoms with E-state index in [4.69, 9.17) is 0 Å². The number of amides is 1. The molecule has 2 atom stereocenters. The third-order valence-electron chi connectivity index (χ3n) is 4.14. The Hall–Kier alpha value is -0.610. The van der Waals surface area contributed by atoms with Gasteiger partial charge in [0.05, 0.1) is 5.54 Å². The highest BCUT2D eigenvalue weighted by molar-refractivity contribution is 5.86. The van der Waals surface area contributed by atoms with Crippen LogP contribution in [0.5, 0.6) is 0 Å². The van der Waals surface area contributed by atoms with Crippen molar-refractivity contribution >= 4 is 5.91 Å². The zero-order valence-electron chi connectivity index (χ0n) is 10.5. The molecule has 2 N–H and O–H groups in total. The van der Waals surface area contributed by atoms with E-state index in [0.29, 0.717) is 12.0 Å². The number of nitrogens with zero attached hydrogens (tertiary/aromatic N) is 1. The first-order valence-corrected chi connectivity index (χ1v) is 6.33. The Kier molecular flexibility index (Phi) is 3.22. The maximum atomic E-state index is 11.9. The van der Waals surface area contributed by atoms with Crippen LogP contribution in [-0.2, 0) is 4.79 Å². The molecule has 2 aliphatic rings. The highest BCUT2D eigenvalue weighted by Crippen LogP contribution is 2.27. The van der Waals surface area contributed by atoms with Crippen molar-refractivity contribution in [1.82, 2.24) is 15.5 Å². The van der Waals surface area contributed by atoms with Gasteiger partial charge in [0.15, 0.2) is 0 Å². The summed E-state index contributed by atoms with van der Waals surface area (Å²) in [5.41, 5.74) is -0.359. The minimum atomic E-state index is -0.359. The van der Waals surface area contributed by atoms with Gasteiger partial charge in [0.25, 0.3) is 0 Å². The summed E-state index contributed by atoms with van der Waals surface area (Å²) >= 11 is 0. The zero-order valence-corrected chi connectivity index (χ0v) is 10.5. The summed E-state index contributed by atoms with van der Waals surface area (Å²) < 4.78 is 0. The van der Waals surface area contributed by atoms with Gasteiger partial charge in [-0.2, -0.15) is 0 Å². The molecule has 2 aliphatic heterocycles. The average Bonchev–Trinajstić information content (AvgIpc) is 2.69. The Labute approximate surface area is 97.8 Å². The van der Waals surface area contributed by atoms with Crippen molar-refractivity contribution in [1.29, 1.82) is 0 Å². The molecule has 0 aliphatic carbocycles. The molecule has 1 amide bonds. The van der Waals surface area contributed by atoms with E-state index >= 15 is 0 Å². The van der Waals surface area contributed by atoms with Crippen molar-refractivity contribution < 1.29 is 4.79 Å². The van der Waals surface area contributed by atoms with Crippen LogP contribution in [0.25, 0.3) is 0 Å². The van der Waals surface area contributed by atoms with Crippen molar-refractivity contribution in [3.05, 3.63) is 0 Å². The van der Waals surface area contributed by atoms with Crippen molar-refractivity contribution in [2.45, 2.75) is 38.8 Å². The molecule has 0 saturated carbocycles. The van der Waals surface area contributed by atoms with Gasteiger partial charge in [0, 0.05) is 25.7 Å². The molecule has 0 spiro atoms. The molecule has 0 aromatic heterocycles. The van der Waals surface area contributed by atoms with E-state index in [0.717, 1.165) is 26.2 Å². The van der Waals surface area contributed by atoms with Gasteiger partial charge in [-0.1, -0.05) is 13.3 Å². The van der Waals surface area contributed by atoms with Crippen molar-refractivity contribution in [3.63, 3.8) is 0 Å². The first-order valence-electron chi connectivity index (χ1n) is 6.33. The van der Waals surface area contributed by atoms with E-state index in [1.54, 1.807) is 0 Å². The fraction of sp³-hybridized carbons (Fsp3) is 0.917. The number of hydrogen-bond acceptors (Lipinski definition) is 3. The molecule has 4 nitrogen and oxygen atoms in total. The zero-order chi connectivity index (χ0) is 11.8. The monoisotopic (exact) mass is 225 g/mol. The maximum absolute atomic E-state index is 11.9. The van der Waals surface area contributed by atoms with Crippen LogP contribution in [0.1, 0.15) is 27.2 Å². The summed E-state index contributed by atoms with van der Waals surface area (Å²) in [6.45, 7) is 10.2. The van der Waals surface area contributed by atoms with Gasteiger partial charge < -0.3 is 10.6 Å². The molecule has 4 heteroatoms. The van der Waals surface area contributed by atoms with Crippen molar-refractivity contribution in [2.24, 2.45) is 5.92 Å². The second-order valence-corrected chi connectivity index (χ2v) is 5.40. The van der Waals surface area contributed by atoms with Gasteiger partial charge >= 0.3 is 0 Å². The number of nitrogens with one attached hydrogen (secondary N) is 2. The summed E-state index contributed by atoms with van der Waals surface area (Å²) in [5, 5.41) is 6.41. The Morgan fingerprint density at radius 2 is 2.19 bits per heavy atom. The van der Waals surface area contributed by atoms with E-state index < -0.39 is 0 Å². The molecule has 92 valence electrons. The Balaban J connectivity index is 2.15. The van der Waals surface area contributed by atoms with Crippen LogP contribution in [0.4, 0.5) is 0 Å². The third kappa shape index (κ3) is 1.84. The first kappa shape index (κ1) is 11.9. The van der Waals surface area contributed by atoms with Crippen LogP contribution >= 0.6 is 0 Å². The van der Waals surface area contributed by atoms with Gasteiger partial charge in [-0.15, -0.1) is 0 Å². The second kappa shape index (κ2) is 4.34. The van der Waals surface area contributed by atoms with Gasteiger partial charge in [-0.3, -0.25) is 9.69 Å². The van der Waals surface area contributed by atoms with Gasteiger partial charge in [-0.05, 0) is 26.3 Å². The summed E-state index contributed by atoms with van der Waals surface area (Å²) in [6, 6.07) is 0.519. The van der Waals surface area contributed by atoms with Crippen LogP contribution in [0, 0.1) is 5.92 Å². The summed E-state index contributed by atoms with van der Waals surface area (Å²) in [6.07, 6.45) is 1.19. The number of rotatable bonds is 2. The predicted molar refractivity (Wildman–Crippen MR) is 64.2 cm³/mol.